The molecule has 4 nitrogen and oxygen atoms in total. The van der Waals surface area contributed by atoms with Gasteiger partial charge in [-0.15, -0.1) is 11.3 Å². The number of carbonyl (C=O) groups is 1. The second-order valence-electron chi connectivity index (χ2n) is 6.06. The quantitative estimate of drug-likeness (QED) is 0.873. The summed E-state index contributed by atoms with van der Waals surface area (Å²) in [4.78, 5) is 16.2. The van der Waals surface area contributed by atoms with Crippen molar-refractivity contribution in [3.63, 3.8) is 0 Å². The molecule has 0 radical (unpaired) electrons. The van der Waals surface area contributed by atoms with E-state index < -0.39 is 11.6 Å². The number of hydrogen-bond donors (Lipinski definition) is 1. The van der Waals surface area contributed by atoms with Gasteiger partial charge in [0, 0.05) is 42.9 Å². The maximum absolute atomic E-state index is 13.3. The zero-order valence-corrected chi connectivity index (χ0v) is 14.7. The van der Waals surface area contributed by atoms with Crippen molar-refractivity contribution in [1.82, 2.24) is 4.90 Å². The van der Waals surface area contributed by atoms with Gasteiger partial charge in [0.1, 0.15) is 0 Å². The highest BCUT2D eigenvalue weighted by Crippen LogP contribution is 2.23. The summed E-state index contributed by atoms with van der Waals surface area (Å²) in [6.07, 6.45) is 1.74. The fourth-order valence-corrected chi connectivity index (χ4v) is 3.92. The molecule has 1 aliphatic rings. The molecule has 2 heterocycles. The Labute approximate surface area is 149 Å². The number of thiophene rings is 1. The Morgan fingerprint density at radius 1 is 1.32 bits per heavy atom. The smallest absolute Gasteiger partial charge is 0.263 e. The third-order valence-electron chi connectivity index (χ3n) is 4.16. The highest BCUT2D eigenvalue weighted by Gasteiger charge is 2.25. The molecule has 0 aliphatic carbocycles. The molecule has 1 amide bonds. The molecule has 134 valence electrons. The number of amides is 1. The third kappa shape index (κ3) is 4.35. The van der Waals surface area contributed by atoms with Gasteiger partial charge in [0.15, 0.2) is 11.6 Å². The number of piperidine rings is 1. The van der Waals surface area contributed by atoms with Crippen molar-refractivity contribution >= 4 is 22.9 Å². The molecule has 1 fully saturated rings. The molecule has 1 aromatic carbocycles. The first-order valence-electron chi connectivity index (χ1n) is 8.15. The van der Waals surface area contributed by atoms with Crippen LogP contribution in [0.1, 0.15) is 27.4 Å². The van der Waals surface area contributed by atoms with Crippen LogP contribution in [0.4, 0.5) is 14.5 Å². The number of nitrogens with zero attached hydrogens (tertiary/aromatic N) is 1. The minimum Gasteiger partial charge on any atom is -0.380 e. The predicted molar refractivity (Wildman–Crippen MR) is 93.9 cm³/mol. The summed E-state index contributed by atoms with van der Waals surface area (Å²) in [7, 11) is 1.63. The third-order valence-corrected chi connectivity index (χ3v) is 5.20. The number of likely N-dealkylation sites (tertiary alicyclic amines) is 1. The lowest BCUT2D eigenvalue weighted by Crippen LogP contribution is -2.44. The second kappa shape index (κ2) is 7.93. The number of benzene rings is 1. The number of methoxy groups -OCH3 is 1. The number of carbonyl (C=O) groups excluding carboxylic acids is 1. The predicted octanol–water partition coefficient (Wildman–Crippen LogP) is 3.89. The van der Waals surface area contributed by atoms with E-state index in [4.69, 9.17) is 4.74 Å². The monoisotopic (exact) mass is 366 g/mol. The van der Waals surface area contributed by atoms with E-state index in [2.05, 4.69) is 5.32 Å². The Bertz CT molecular complexity index is 750. The van der Waals surface area contributed by atoms with E-state index in [0.29, 0.717) is 30.3 Å². The Morgan fingerprint density at radius 2 is 2.16 bits per heavy atom. The van der Waals surface area contributed by atoms with Crippen molar-refractivity contribution < 1.29 is 18.3 Å². The van der Waals surface area contributed by atoms with Crippen molar-refractivity contribution in [1.29, 1.82) is 0 Å². The van der Waals surface area contributed by atoms with Crippen molar-refractivity contribution in [3.8, 4) is 0 Å². The maximum Gasteiger partial charge on any atom is 0.263 e. The lowest BCUT2D eigenvalue weighted by Gasteiger charge is -2.33. The fourth-order valence-electron chi connectivity index (χ4n) is 2.97. The van der Waals surface area contributed by atoms with Crippen molar-refractivity contribution in [2.45, 2.75) is 25.5 Å². The SMILES string of the molecule is COCc1ccc(C(=O)N2CCC[C@@H](Nc3ccc(F)c(F)c3)C2)s1. The number of nitrogens with one attached hydrogen (secondary N) is 1. The average molecular weight is 366 g/mol. The zero-order chi connectivity index (χ0) is 17.8. The van der Waals surface area contributed by atoms with Crippen LogP contribution >= 0.6 is 11.3 Å². The normalized spacial score (nSPS) is 17.6. The van der Waals surface area contributed by atoms with Crippen LogP contribution < -0.4 is 5.32 Å². The minimum absolute atomic E-state index is 0.00383. The van der Waals surface area contributed by atoms with Crippen LogP contribution in [0, 0.1) is 11.6 Å². The van der Waals surface area contributed by atoms with Gasteiger partial charge in [-0.3, -0.25) is 4.79 Å². The van der Waals surface area contributed by atoms with Crippen LogP contribution in [0.2, 0.25) is 0 Å². The van der Waals surface area contributed by atoms with Gasteiger partial charge in [0.25, 0.3) is 5.91 Å². The number of rotatable bonds is 5. The molecule has 0 spiro atoms. The first-order chi connectivity index (χ1) is 12.1. The molecular formula is C18H20F2N2O2S. The first kappa shape index (κ1) is 17.8. The molecule has 3 rings (SSSR count). The van der Waals surface area contributed by atoms with Gasteiger partial charge in [-0.05, 0) is 37.1 Å². The van der Waals surface area contributed by atoms with Gasteiger partial charge < -0.3 is 15.0 Å². The summed E-state index contributed by atoms with van der Waals surface area (Å²) < 4.78 is 31.4. The fraction of sp³-hybridized carbons (Fsp3) is 0.389. The maximum atomic E-state index is 13.3. The Hall–Kier alpha value is -1.99. The molecule has 1 aliphatic heterocycles. The van der Waals surface area contributed by atoms with Crippen LogP contribution in [0.3, 0.4) is 0 Å². The number of ether oxygens (including phenoxy) is 1. The van der Waals surface area contributed by atoms with Crippen LogP contribution in [-0.4, -0.2) is 37.0 Å². The summed E-state index contributed by atoms with van der Waals surface area (Å²) in [5.41, 5.74) is 0.525. The van der Waals surface area contributed by atoms with E-state index in [-0.39, 0.29) is 11.9 Å². The van der Waals surface area contributed by atoms with Crippen molar-refractivity contribution in [2.75, 3.05) is 25.5 Å². The van der Waals surface area contributed by atoms with Gasteiger partial charge in [0.05, 0.1) is 11.5 Å². The van der Waals surface area contributed by atoms with Crippen LogP contribution in [0.5, 0.6) is 0 Å². The zero-order valence-electron chi connectivity index (χ0n) is 13.9. The van der Waals surface area contributed by atoms with Gasteiger partial charge in [-0.1, -0.05) is 0 Å². The summed E-state index contributed by atoms with van der Waals surface area (Å²) in [6, 6.07) is 7.51. The molecule has 1 N–H and O–H groups in total. The molecule has 7 heteroatoms. The summed E-state index contributed by atoms with van der Waals surface area (Å²) >= 11 is 1.44. The molecule has 0 bridgehead atoms. The first-order valence-corrected chi connectivity index (χ1v) is 8.97. The van der Waals surface area contributed by atoms with E-state index in [9.17, 15) is 13.6 Å². The lowest BCUT2D eigenvalue weighted by molar-refractivity contribution is 0.0719. The van der Waals surface area contributed by atoms with E-state index in [1.54, 1.807) is 7.11 Å². The number of anilines is 1. The van der Waals surface area contributed by atoms with Crippen molar-refractivity contribution in [2.24, 2.45) is 0 Å². The van der Waals surface area contributed by atoms with Gasteiger partial charge in [-0.2, -0.15) is 0 Å². The Kier molecular flexibility index (Phi) is 5.65. The molecule has 25 heavy (non-hydrogen) atoms. The topological polar surface area (TPSA) is 41.6 Å². The lowest BCUT2D eigenvalue weighted by atomic mass is 10.0. The second-order valence-corrected chi connectivity index (χ2v) is 7.23. The molecule has 2 aromatic rings. The largest absolute Gasteiger partial charge is 0.380 e. The Balaban J connectivity index is 1.63. The Morgan fingerprint density at radius 3 is 2.92 bits per heavy atom. The van der Waals surface area contributed by atoms with E-state index in [1.165, 1.54) is 17.4 Å². The summed E-state index contributed by atoms with van der Waals surface area (Å²) in [6.45, 7) is 1.74. The molecule has 0 unspecified atom stereocenters. The van der Waals surface area contributed by atoms with Crippen LogP contribution in [0.15, 0.2) is 30.3 Å². The molecule has 1 saturated heterocycles. The highest BCUT2D eigenvalue weighted by atomic mass is 32.1. The molecular weight excluding hydrogens is 346 g/mol. The van der Waals surface area contributed by atoms with Crippen molar-refractivity contribution in [3.05, 3.63) is 51.7 Å². The molecule has 1 aromatic heterocycles. The van der Waals surface area contributed by atoms with E-state index in [1.807, 2.05) is 17.0 Å². The van der Waals surface area contributed by atoms with Crippen LogP contribution in [0.25, 0.3) is 0 Å². The number of hydrogen-bond acceptors (Lipinski definition) is 4. The van der Waals surface area contributed by atoms with Gasteiger partial charge >= 0.3 is 0 Å². The van der Waals surface area contributed by atoms with E-state index >= 15 is 0 Å². The molecule has 1 atom stereocenters. The van der Waals surface area contributed by atoms with Crippen LogP contribution in [-0.2, 0) is 11.3 Å². The standard InChI is InChI=1S/C18H20F2N2O2S/c1-24-11-14-5-7-17(25-14)18(23)22-8-2-3-13(10-22)21-12-4-6-15(19)16(20)9-12/h4-7,9,13,21H,2-3,8,10-11H2,1H3/t13-/m1/s1. The number of halogens is 2. The van der Waals surface area contributed by atoms with Gasteiger partial charge in [0.2, 0.25) is 0 Å². The average Bonchev–Trinajstić information content (AvgIpc) is 3.07. The highest BCUT2D eigenvalue weighted by molar-refractivity contribution is 7.14. The minimum atomic E-state index is -0.877. The van der Waals surface area contributed by atoms with E-state index in [0.717, 1.165) is 29.9 Å². The van der Waals surface area contributed by atoms with Gasteiger partial charge in [-0.25, -0.2) is 8.78 Å². The summed E-state index contributed by atoms with van der Waals surface area (Å²) in [5.74, 6) is -1.74. The molecule has 0 saturated carbocycles. The summed E-state index contributed by atoms with van der Waals surface area (Å²) in [5, 5.41) is 3.19.